The Labute approximate surface area is 421 Å². The van der Waals surface area contributed by atoms with Gasteiger partial charge in [0.2, 0.25) is 0 Å². The lowest BCUT2D eigenvalue weighted by atomic mass is 9.82. The van der Waals surface area contributed by atoms with Gasteiger partial charge in [-0.15, -0.1) is 0 Å². The normalized spacial score (nSPS) is 13.1. The molecule has 0 bridgehead atoms. The maximum atomic E-state index is 5.46. The van der Waals surface area contributed by atoms with Crippen LogP contribution in [0.25, 0.3) is 107 Å². The third kappa shape index (κ3) is 7.77. The van der Waals surface area contributed by atoms with E-state index < -0.39 is 0 Å². The van der Waals surface area contributed by atoms with Crippen LogP contribution in [0.5, 0.6) is 0 Å². The average Bonchev–Trinajstić information content (AvgIpc) is 3.84. The number of hydrogen-bond donors (Lipinski definition) is 0. The van der Waals surface area contributed by atoms with E-state index in [9.17, 15) is 0 Å². The van der Waals surface area contributed by atoms with Gasteiger partial charge in [0, 0.05) is 49.6 Å². The van der Waals surface area contributed by atoms with Gasteiger partial charge >= 0.3 is 0 Å². The van der Waals surface area contributed by atoms with E-state index in [1.54, 1.807) is 0 Å². The first-order valence-corrected chi connectivity index (χ1v) is 24.9. The minimum atomic E-state index is -0.206. The zero-order valence-electron chi connectivity index (χ0n) is 42.0. The second kappa shape index (κ2) is 16.9. The molecule has 0 amide bonds. The monoisotopic (exact) mass is 933 g/mol. The van der Waals surface area contributed by atoms with E-state index >= 15 is 0 Å². The lowest BCUT2D eigenvalue weighted by molar-refractivity contribution is 0.590. The third-order valence-electron chi connectivity index (χ3n) is 14.5. The van der Waals surface area contributed by atoms with Crippen molar-refractivity contribution in [3.63, 3.8) is 0 Å². The summed E-state index contributed by atoms with van der Waals surface area (Å²) in [6, 6.07) is 66.4. The molecule has 7 nitrogen and oxygen atoms in total. The summed E-state index contributed by atoms with van der Waals surface area (Å²) in [5.74, 6) is 3.43. The van der Waals surface area contributed by atoms with E-state index in [2.05, 4.69) is 187 Å². The van der Waals surface area contributed by atoms with Crippen LogP contribution in [0.4, 0.5) is 0 Å². The van der Waals surface area contributed by atoms with Crippen molar-refractivity contribution in [2.75, 3.05) is 0 Å². The number of para-hydroxylation sites is 1. The maximum absolute atomic E-state index is 5.46. The fourth-order valence-corrected chi connectivity index (χ4v) is 10.4. The van der Waals surface area contributed by atoms with Crippen LogP contribution in [-0.4, -0.2) is 34.5 Å². The van der Waals surface area contributed by atoms with Crippen molar-refractivity contribution in [2.24, 2.45) is 0 Å². The molecule has 11 aromatic rings. The summed E-state index contributed by atoms with van der Waals surface area (Å²) >= 11 is 0. The van der Waals surface area contributed by atoms with Crippen molar-refractivity contribution in [3.05, 3.63) is 210 Å². The van der Waals surface area contributed by atoms with Crippen molar-refractivity contribution in [1.82, 2.24) is 34.5 Å². The Morgan fingerprint density at radius 2 is 0.778 bits per heavy atom. The topological polar surface area (TPSA) is 82.3 Å². The zero-order chi connectivity index (χ0) is 49.5. The Morgan fingerprint density at radius 1 is 0.333 bits per heavy atom. The number of nitrogens with zero attached hydrogens (tertiary/aromatic N) is 7. The first-order chi connectivity index (χ1) is 34.7. The highest BCUT2D eigenvalue weighted by atomic mass is 15.1. The molecule has 12 rings (SSSR count). The largest absolute Gasteiger partial charge is 0.308 e. The van der Waals surface area contributed by atoms with Gasteiger partial charge in [-0.05, 0) is 80.6 Å². The molecule has 0 aliphatic heterocycles. The quantitative estimate of drug-likeness (QED) is 0.158. The standard InChI is InChI=1S/C65H55N7/c1-63(2,3)45-32-27-42(28-33-45)59-67-60(43-29-34-46(35-30-43)64(4,5)6)71-62(70-59)51-37-44(61-68-57(40-19-11-9-12-20-40)66-58(69-61)41-21-13-10-14-22-41)31-36-55(51)72-54-26-18-16-24-48(54)50-38-49-47-23-15-17-25-52(47)65(7,8)53(49)39-56(50)72/h9-39H,1-8H3. The van der Waals surface area contributed by atoms with Crippen LogP contribution in [0.15, 0.2) is 188 Å². The molecule has 0 spiro atoms. The van der Waals surface area contributed by atoms with Gasteiger partial charge in [0.1, 0.15) is 0 Å². The van der Waals surface area contributed by atoms with E-state index in [4.69, 9.17) is 29.9 Å². The SMILES string of the molecule is CC(C)(C)c1ccc(-c2nc(-c3ccc(C(C)(C)C)cc3)nc(-c3cc(-c4nc(-c5ccccc5)nc(-c5ccccc5)n4)ccc3-n3c4ccccc4c4cc5c(cc43)C(C)(C)c3ccccc3-5)n2)cc1. The number of fused-ring (bicyclic) bond motifs is 6. The number of aromatic nitrogens is 7. The Kier molecular flexibility index (Phi) is 10.5. The molecule has 72 heavy (non-hydrogen) atoms. The molecule has 0 saturated carbocycles. The first kappa shape index (κ1) is 44.8. The van der Waals surface area contributed by atoms with Crippen LogP contribution < -0.4 is 0 Å². The molecule has 0 radical (unpaired) electrons. The molecule has 350 valence electrons. The lowest BCUT2D eigenvalue weighted by Crippen LogP contribution is -2.15. The molecule has 8 aromatic carbocycles. The summed E-state index contributed by atoms with van der Waals surface area (Å²) in [7, 11) is 0. The van der Waals surface area contributed by atoms with Crippen molar-refractivity contribution >= 4 is 21.8 Å². The molecule has 1 aliphatic rings. The summed E-state index contributed by atoms with van der Waals surface area (Å²) in [5.41, 5.74) is 15.8. The Morgan fingerprint density at radius 3 is 1.32 bits per heavy atom. The molecule has 0 N–H and O–H groups in total. The molecule has 0 unspecified atom stereocenters. The fourth-order valence-electron chi connectivity index (χ4n) is 10.4. The summed E-state index contributed by atoms with van der Waals surface area (Å²) in [6.45, 7) is 18.1. The third-order valence-corrected chi connectivity index (χ3v) is 14.5. The van der Waals surface area contributed by atoms with Gasteiger partial charge < -0.3 is 4.57 Å². The van der Waals surface area contributed by atoms with E-state index in [0.717, 1.165) is 50.1 Å². The Balaban J connectivity index is 1.15. The van der Waals surface area contributed by atoms with E-state index in [-0.39, 0.29) is 16.2 Å². The van der Waals surface area contributed by atoms with Gasteiger partial charge in [-0.3, -0.25) is 0 Å². The van der Waals surface area contributed by atoms with Crippen molar-refractivity contribution < 1.29 is 0 Å². The Hall–Kier alpha value is -8.42. The van der Waals surface area contributed by atoms with Crippen LogP contribution in [0.2, 0.25) is 0 Å². The highest BCUT2D eigenvalue weighted by Gasteiger charge is 2.36. The van der Waals surface area contributed by atoms with Gasteiger partial charge in [-0.25, -0.2) is 29.9 Å². The van der Waals surface area contributed by atoms with E-state index in [1.807, 2.05) is 60.7 Å². The smallest absolute Gasteiger partial charge is 0.166 e. The first-order valence-electron chi connectivity index (χ1n) is 24.9. The minimum Gasteiger partial charge on any atom is -0.308 e. The molecule has 0 saturated heterocycles. The summed E-state index contributed by atoms with van der Waals surface area (Å²) in [6.07, 6.45) is 0. The summed E-state index contributed by atoms with van der Waals surface area (Å²) in [4.78, 5) is 31.6. The van der Waals surface area contributed by atoms with E-state index in [1.165, 1.54) is 44.2 Å². The van der Waals surface area contributed by atoms with Crippen molar-refractivity contribution in [2.45, 2.75) is 71.6 Å². The average molecular weight is 934 g/mol. The van der Waals surface area contributed by atoms with Crippen LogP contribution in [-0.2, 0) is 16.2 Å². The summed E-state index contributed by atoms with van der Waals surface area (Å²) in [5, 5.41) is 2.35. The fraction of sp³-hybridized carbons (Fsp3) is 0.169. The van der Waals surface area contributed by atoms with Gasteiger partial charge in [-0.1, -0.05) is 207 Å². The lowest BCUT2D eigenvalue weighted by Gasteiger charge is -2.22. The predicted octanol–water partition coefficient (Wildman–Crippen LogP) is 16.1. The molecule has 0 fully saturated rings. The number of rotatable bonds is 7. The van der Waals surface area contributed by atoms with Crippen LogP contribution in [0, 0.1) is 0 Å². The molecular formula is C65H55N7. The van der Waals surface area contributed by atoms with Crippen LogP contribution in [0.1, 0.15) is 77.6 Å². The zero-order valence-corrected chi connectivity index (χ0v) is 42.0. The summed E-state index contributed by atoms with van der Waals surface area (Å²) < 4.78 is 2.40. The van der Waals surface area contributed by atoms with E-state index in [0.29, 0.717) is 34.9 Å². The van der Waals surface area contributed by atoms with Crippen molar-refractivity contribution in [1.29, 1.82) is 0 Å². The number of benzene rings is 8. The molecular weight excluding hydrogens is 879 g/mol. The molecule has 7 heteroatoms. The molecule has 1 aliphatic carbocycles. The molecule has 0 atom stereocenters. The predicted molar refractivity (Wildman–Crippen MR) is 295 cm³/mol. The highest BCUT2D eigenvalue weighted by molar-refractivity contribution is 6.12. The van der Waals surface area contributed by atoms with Crippen LogP contribution >= 0.6 is 0 Å². The van der Waals surface area contributed by atoms with Gasteiger partial charge in [0.15, 0.2) is 34.9 Å². The second-order valence-corrected chi connectivity index (χ2v) is 21.7. The molecule has 3 aromatic heterocycles. The number of hydrogen-bond acceptors (Lipinski definition) is 6. The van der Waals surface area contributed by atoms with Gasteiger partial charge in [-0.2, -0.15) is 0 Å². The van der Waals surface area contributed by atoms with Crippen molar-refractivity contribution in [3.8, 4) is 85.1 Å². The molecule has 3 heterocycles. The van der Waals surface area contributed by atoms with Crippen LogP contribution in [0.3, 0.4) is 0 Å². The second-order valence-electron chi connectivity index (χ2n) is 21.7. The highest BCUT2D eigenvalue weighted by Crippen LogP contribution is 2.51. The van der Waals surface area contributed by atoms with Gasteiger partial charge in [0.05, 0.1) is 16.7 Å². The van der Waals surface area contributed by atoms with Gasteiger partial charge in [0.25, 0.3) is 0 Å². The maximum Gasteiger partial charge on any atom is 0.166 e. The Bertz CT molecular complexity index is 3740. The minimum absolute atomic E-state index is 0.0195.